The molecule has 1 saturated carbocycles. The third kappa shape index (κ3) is 5.10. The molecule has 1 heterocycles. The Balaban J connectivity index is 1.50. The van der Waals surface area contributed by atoms with E-state index in [1.807, 2.05) is 18.3 Å². The van der Waals surface area contributed by atoms with Gasteiger partial charge in [-0.2, -0.15) is 0 Å². The Hall–Kier alpha value is -1.46. The molecule has 1 aromatic rings. The maximum absolute atomic E-state index is 11.8. The average Bonchev–Trinajstić information content (AvgIpc) is 2.47. The van der Waals surface area contributed by atoms with Crippen LogP contribution < -0.4 is 10.6 Å². The first-order chi connectivity index (χ1) is 10.2. The zero-order valence-electron chi connectivity index (χ0n) is 12.7. The fourth-order valence-electron chi connectivity index (χ4n) is 2.56. The molecule has 2 N–H and O–H groups in total. The predicted octanol–water partition coefficient (Wildman–Crippen LogP) is 1.64. The largest absolute Gasteiger partial charge is 0.378 e. The van der Waals surface area contributed by atoms with Gasteiger partial charge in [-0.25, -0.2) is 0 Å². The summed E-state index contributed by atoms with van der Waals surface area (Å²) >= 11 is 0. The highest BCUT2D eigenvalue weighted by Crippen LogP contribution is 2.37. The van der Waals surface area contributed by atoms with Gasteiger partial charge in [0.2, 0.25) is 5.91 Å². The van der Waals surface area contributed by atoms with Crippen molar-refractivity contribution < 1.29 is 9.53 Å². The molecule has 0 spiro atoms. The normalized spacial score (nSPS) is 16.2. The Morgan fingerprint density at radius 2 is 2.29 bits per heavy atom. The van der Waals surface area contributed by atoms with Gasteiger partial charge in [0.15, 0.2) is 0 Å². The van der Waals surface area contributed by atoms with Gasteiger partial charge in [0, 0.05) is 32.6 Å². The van der Waals surface area contributed by atoms with E-state index in [0.29, 0.717) is 13.0 Å². The Labute approximate surface area is 126 Å². The van der Waals surface area contributed by atoms with Crippen LogP contribution >= 0.6 is 0 Å². The summed E-state index contributed by atoms with van der Waals surface area (Å²) in [5.41, 5.74) is 0.997. The summed E-state index contributed by atoms with van der Waals surface area (Å²) < 4.78 is 5.46. The quantitative estimate of drug-likeness (QED) is 0.679. The van der Waals surface area contributed by atoms with Crippen LogP contribution in [0, 0.1) is 0 Å². The summed E-state index contributed by atoms with van der Waals surface area (Å²) in [6, 6.07) is 3.98. The number of methoxy groups -OCH3 is 1. The number of aromatic nitrogens is 1. The molecule has 0 aliphatic heterocycles. The average molecular weight is 291 g/mol. The molecular weight excluding hydrogens is 266 g/mol. The molecule has 0 bridgehead atoms. The third-order valence-electron chi connectivity index (χ3n) is 4.08. The van der Waals surface area contributed by atoms with E-state index < -0.39 is 0 Å². The maximum atomic E-state index is 11.8. The van der Waals surface area contributed by atoms with Crippen LogP contribution in [0.1, 0.15) is 37.7 Å². The summed E-state index contributed by atoms with van der Waals surface area (Å²) in [5, 5.41) is 6.31. The van der Waals surface area contributed by atoms with Gasteiger partial charge in [-0.05, 0) is 43.9 Å². The van der Waals surface area contributed by atoms with Gasteiger partial charge < -0.3 is 15.4 Å². The lowest BCUT2D eigenvalue weighted by Gasteiger charge is -2.39. The molecule has 1 aliphatic rings. The third-order valence-corrected chi connectivity index (χ3v) is 4.08. The first kappa shape index (κ1) is 15.9. The van der Waals surface area contributed by atoms with Crippen LogP contribution in [-0.4, -0.2) is 36.7 Å². The number of nitrogens with one attached hydrogen (secondary N) is 2. The number of amides is 1. The van der Waals surface area contributed by atoms with E-state index in [1.54, 1.807) is 13.3 Å². The molecule has 0 unspecified atom stereocenters. The van der Waals surface area contributed by atoms with Crippen molar-refractivity contribution in [1.29, 1.82) is 0 Å². The number of carbonyl (C=O) groups is 1. The minimum atomic E-state index is -0.178. The van der Waals surface area contributed by atoms with Gasteiger partial charge in [-0.1, -0.05) is 6.07 Å². The fraction of sp³-hybridized carbons (Fsp3) is 0.625. The van der Waals surface area contributed by atoms with Gasteiger partial charge in [-0.15, -0.1) is 0 Å². The van der Waals surface area contributed by atoms with Crippen molar-refractivity contribution in [3.8, 4) is 0 Å². The zero-order chi connectivity index (χ0) is 15.0. The highest BCUT2D eigenvalue weighted by Gasteiger charge is 2.38. The molecule has 0 aromatic carbocycles. The molecule has 5 nitrogen and oxygen atoms in total. The molecule has 1 amide bonds. The summed E-state index contributed by atoms with van der Waals surface area (Å²) in [4.78, 5) is 15.9. The first-order valence-electron chi connectivity index (χ1n) is 7.66. The van der Waals surface area contributed by atoms with Crippen LogP contribution in [0.15, 0.2) is 24.5 Å². The highest BCUT2D eigenvalue weighted by molar-refractivity contribution is 5.77. The number of hydrogen-bond acceptors (Lipinski definition) is 4. The van der Waals surface area contributed by atoms with E-state index >= 15 is 0 Å². The summed E-state index contributed by atoms with van der Waals surface area (Å²) in [6.45, 7) is 2.40. The summed E-state index contributed by atoms with van der Waals surface area (Å²) in [7, 11) is 1.70. The monoisotopic (exact) mass is 291 g/mol. The van der Waals surface area contributed by atoms with E-state index in [-0.39, 0.29) is 11.5 Å². The lowest BCUT2D eigenvalue weighted by Crippen LogP contribution is -2.44. The minimum Gasteiger partial charge on any atom is -0.378 e. The van der Waals surface area contributed by atoms with Crippen LogP contribution in [0.4, 0.5) is 0 Å². The second kappa shape index (κ2) is 8.10. The molecule has 5 heteroatoms. The molecule has 1 aliphatic carbocycles. The molecule has 1 aromatic heterocycles. The highest BCUT2D eigenvalue weighted by atomic mass is 16.5. The van der Waals surface area contributed by atoms with Gasteiger partial charge >= 0.3 is 0 Å². The molecule has 2 rings (SSSR count). The lowest BCUT2D eigenvalue weighted by atomic mass is 9.77. The number of carbonyl (C=O) groups excluding carboxylic acids is 1. The smallest absolute Gasteiger partial charge is 0.222 e. The topological polar surface area (TPSA) is 63.2 Å². The molecule has 1 fully saturated rings. The predicted molar refractivity (Wildman–Crippen MR) is 81.8 cm³/mol. The molecule has 116 valence electrons. The van der Waals surface area contributed by atoms with Crippen LogP contribution in [0.3, 0.4) is 0 Å². The minimum absolute atomic E-state index is 0.101. The van der Waals surface area contributed by atoms with E-state index in [2.05, 4.69) is 15.6 Å². The Bertz CT molecular complexity index is 427. The second-order valence-electron chi connectivity index (χ2n) is 5.66. The number of pyridine rings is 1. The Morgan fingerprint density at radius 1 is 1.43 bits per heavy atom. The number of nitrogens with zero attached hydrogens (tertiary/aromatic N) is 1. The Morgan fingerprint density at radius 3 is 2.90 bits per heavy atom. The van der Waals surface area contributed by atoms with Gasteiger partial charge in [0.25, 0.3) is 0 Å². The van der Waals surface area contributed by atoms with Crippen molar-refractivity contribution in [2.45, 2.75) is 44.2 Å². The van der Waals surface area contributed by atoms with Crippen LogP contribution in [-0.2, 0) is 16.1 Å². The van der Waals surface area contributed by atoms with Crippen molar-refractivity contribution in [3.05, 3.63) is 30.1 Å². The molecule has 0 saturated heterocycles. The van der Waals surface area contributed by atoms with Crippen LogP contribution in [0.2, 0.25) is 0 Å². The fourth-order valence-corrected chi connectivity index (χ4v) is 2.56. The van der Waals surface area contributed by atoms with Gasteiger partial charge in [0.1, 0.15) is 0 Å². The van der Waals surface area contributed by atoms with Crippen molar-refractivity contribution >= 4 is 5.91 Å². The van der Waals surface area contributed by atoms with E-state index in [0.717, 1.165) is 32.4 Å². The van der Waals surface area contributed by atoms with Gasteiger partial charge in [0.05, 0.1) is 12.0 Å². The van der Waals surface area contributed by atoms with Crippen LogP contribution in [0.5, 0.6) is 0 Å². The van der Waals surface area contributed by atoms with Crippen molar-refractivity contribution in [1.82, 2.24) is 15.6 Å². The van der Waals surface area contributed by atoms with E-state index in [1.165, 1.54) is 12.0 Å². The standard InChI is InChI=1S/C16H25N3O2/c1-21-16(6-3-7-16)11-15(20)19-10-4-9-18-13-14-5-2-8-17-12-14/h2,5,8,12,18H,3-4,6-7,9-11,13H2,1H3,(H,19,20). The van der Waals surface area contributed by atoms with Crippen molar-refractivity contribution in [3.63, 3.8) is 0 Å². The summed E-state index contributed by atoms with van der Waals surface area (Å²) in [6.07, 6.45) is 8.22. The SMILES string of the molecule is COC1(CC(=O)NCCCNCc2cccnc2)CCC1. The number of rotatable bonds is 9. The van der Waals surface area contributed by atoms with Crippen molar-refractivity contribution in [2.75, 3.05) is 20.2 Å². The number of hydrogen-bond donors (Lipinski definition) is 2. The Kier molecular flexibility index (Phi) is 6.14. The van der Waals surface area contributed by atoms with Crippen molar-refractivity contribution in [2.24, 2.45) is 0 Å². The van der Waals surface area contributed by atoms with Gasteiger partial charge in [-0.3, -0.25) is 9.78 Å². The molecule has 0 atom stereocenters. The molecule has 0 radical (unpaired) electrons. The first-order valence-corrected chi connectivity index (χ1v) is 7.66. The zero-order valence-corrected chi connectivity index (χ0v) is 12.7. The van der Waals surface area contributed by atoms with E-state index in [9.17, 15) is 4.79 Å². The number of ether oxygens (including phenoxy) is 1. The van der Waals surface area contributed by atoms with E-state index in [4.69, 9.17) is 4.74 Å². The molecule has 21 heavy (non-hydrogen) atoms. The lowest BCUT2D eigenvalue weighted by molar-refractivity contribution is -0.134. The summed E-state index contributed by atoms with van der Waals surface area (Å²) in [5.74, 6) is 0.101. The maximum Gasteiger partial charge on any atom is 0.222 e. The molecular formula is C16H25N3O2. The van der Waals surface area contributed by atoms with Crippen LogP contribution in [0.25, 0.3) is 0 Å². The second-order valence-corrected chi connectivity index (χ2v) is 5.66.